The van der Waals surface area contributed by atoms with Crippen molar-refractivity contribution in [3.05, 3.63) is 51.0 Å². The van der Waals surface area contributed by atoms with Gasteiger partial charge in [0.25, 0.3) is 0 Å². The molecule has 0 spiro atoms. The summed E-state index contributed by atoms with van der Waals surface area (Å²) in [7, 11) is 0. The van der Waals surface area contributed by atoms with E-state index >= 15 is 0 Å². The molecule has 0 fully saturated rings. The Balaban J connectivity index is 2.33. The summed E-state index contributed by atoms with van der Waals surface area (Å²) in [5.41, 5.74) is 9.77. The number of nitrogens with zero attached hydrogens (tertiary/aromatic N) is 2. The highest BCUT2D eigenvalue weighted by molar-refractivity contribution is 9.10. The van der Waals surface area contributed by atoms with Crippen molar-refractivity contribution in [1.82, 2.24) is 9.78 Å². The van der Waals surface area contributed by atoms with Crippen LogP contribution < -0.4 is 5.73 Å². The summed E-state index contributed by atoms with van der Waals surface area (Å²) < 4.78 is 16.1. The second-order valence-electron chi connectivity index (χ2n) is 4.58. The van der Waals surface area contributed by atoms with E-state index in [0.29, 0.717) is 13.1 Å². The predicted molar refractivity (Wildman–Crippen MR) is 77.7 cm³/mol. The maximum Gasteiger partial charge on any atom is 0.123 e. The summed E-state index contributed by atoms with van der Waals surface area (Å²) in [5, 5.41) is 4.51. The van der Waals surface area contributed by atoms with Crippen LogP contribution >= 0.6 is 15.9 Å². The van der Waals surface area contributed by atoms with Crippen LogP contribution in [0.15, 0.2) is 22.7 Å². The number of rotatable bonds is 4. The van der Waals surface area contributed by atoms with Crippen molar-refractivity contribution in [2.24, 2.45) is 5.73 Å². The molecule has 0 saturated heterocycles. The number of hydrogen-bond acceptors (Lipinski definition) is 2. The first-order chi connectivity index (χ1) is 9.02. The average Bonchev–Trinajstić information content (AvgIpc) is 2.62. The molecule has 5 heteroatoms. The van der Waals surface area contributed by atoms with Crippen molar-refractivity contribution < 1.29 is 4.39 Å². The molecule has 0 radical (unpaired) electrons. The van der Waals surface area contributed by atoms with Crippen LogP contribution in [0.2, 0.25) is 0 Å². The predicted octanol–water partition coefficient (Wildman–Crippen LogP) is 2.95. The molecule has 0 aliphatic rings. The third-order valence-corrected chi connectivity index (χ3v) is 4.03. The molecule has 0 aliphatic carbocycles. The minimum Gasteiger partial charge on any atom is -0.330 e. The van der Waals surface area contributed by atoms with Gasteiger partial charge in [0.1, 0.15) is 5.82 Å². The molecule has 0 amide bonds. The van der Waals surface area contributed by atoms with Crippen LogP contribution in [0.4, 0.5) is 4.39 Å². The molecule has 0 aliphatic heterocycles. The van der Waals surface area contributed by atoms with Gasteiger partial charge < -0.3 is 5.73 Å². The first-order valence-corrected chi connectivity index (χ1v) is 6.99. The molecule has 2 rings (SSSR count). The standard InChI is InChI=1S/C14H17BrFN3/c1-9-13(5-6-17)10(2)19(18-9)8-11-7-12(16)3-4-14(11)15/h3-4,7H,5-6,8,17H2,1-2H3. The van der Waals surface area contributed by atoms with Gasteiger partial charge in [0.15, 0.2) is 0 Å². The third kappa shape index (κ3) is 3.04. The van der Waals surface area contributed by atoms with Crippen molar-refractivity contribution in [1.29, 1.82) is 0 Å². The van der Waals surface area contributed by atoms with Crippen molar-refractivity contribution in [2.75, 3.05) is 6.54 Å². The highest BCUT2D eigenvalue weighted by Gasteiger charge is 2.12. The monoisotopic (exact) mass is 325 g/mol. The van der Waals surface area contributed by atoms with E-state index in [-0.39, 0.29) is 5.82 Å². The molecule has 102 valence electrons. The Morgan fingerprint density at radius 2 is 2.11 bits per heavy atom. The van der Waals surface area contributed by atoms with Gasteiger partial charge in [0, 0.05) is 10.2 Å². The van der Waals surface area contributed by atoms with Gasteiger partial charge in [0.05, 0.1) is 12.2 Å². The second-order valence-corrected chi connectivity index (χ2v) is 5.44. The van der Waals surface area contributed by atoms with E-state index in [0.717, 1.165) is 27.8 Å². The SMILES string of the molecule is Cc1nn(Cc2cc(F)ccc2Br)c(C)c1CCN. The highest BCUT2D eigenvalue weighted by atomic mass is 79.9. The van der Waals surface area contributed by atoms with E-state index in [2.05, 4.69) is 21.0 Å². The van der Waals surface area contributed by atoms with Gasteiger partial charge in [-0.3, -0.25) is 4.68 Å². The van der Waals surface area contributed by atoms with Crippen LogP contribution in [0.25, 0.3) is 0 Å². The largest absolute Gasteiger partial charge is 0.330 e. The fourth-order valence-corrected chi connectivity index (χ4v) is 2.59. The Kier molecular flexibility index (Phi) is 4.37. The highest BCUT2D eigenvalue weighted by Crippen LogP contribution is 2.21. The van der Waals surface area contributed by atoms with Crippen LogP contribution in [0.1, 0.15) is 22.5 Å². The maximum absolute atomic E-state index is 13.3. The Bertz CT molecular complexity index is 593. The van der Waals surface area contributed by atoms with Crippen LogP contribution in [0, 0.1) is 19.7 Å². The summed E-state index contributed by atoms with van der Waals surface area (Å²) in [5.74, 6) is -0.234. The molecular weight excluding hydrogens is 309 g/mol. The minimum atomic E-state index is -0.234. The number of aryl methyl sites for hydroxylation is 1. The lowest BCUT2D eigenvalue weighted by Crippen LogP contribution is -2.07. The topological polar surface area (TPSA) is 43.8 Å². The number of aromatic nitrogens is 2. The summed E-state index contributed by atoms with van der Waals surface area (Å²) >= 11 is 3.44. The van der Waals surface area contributed by atoms with E-state index in [9.17, 15) is 4.39 Å². The van der Waals surface area contributed by atoms with Crippen molar-refractivity contribution in [3.63, 3.8) is 0 Å². The van der Waals surface area contributed by atoms with Gasteiger partial charge in [-0.1, -0.05) is 15.9 Å². The number of nitrogens with two attached hydrogens (primary N) is 1. The van der Waals surface area contributed by atoms with Gasteiger partial charge in [-0.2, -0.15) is 5.10 Å². The molecule has 0 unspecified atom stereocenters. The zero-order valence-corrected chi connectivity index (χ0v) is 12.7. The minimum absolute atomic E-state index is 0.234. The molecule has 19 heavy (non-hydrogen) atoms. The normalized spacial score (nSPS) is 11.0. The van der Waals surface area contributed by atoms with E-state index in [4.69, 9.17) is 5.73 Å². The molecular formula is C14H17BrFN3. The molecule has 3 nitrogen and oxygen atoms in total. The molecule has 0 saturated carbocycles. The molecule has 0 atom stereocenters. The van der Waals surface area contributed by atoms with E-state index in [1.807, 2.05) is 18.5 Å². The second kappa shape index (κ2) is 5.84. The van der Waals surface area contributed by atoms with Crippen LogP contribution in [0.3, 0.4) is 0 Å². The third-order valence-electron chi connectivity index (χ3n) is 3.25. The summed E-state index contributed by atoms with van der Waals surface area (Å²) in [6.45, 7) is 5.17. The van der Waals surface area contributed by atoms with Gasteiger partial charge >= 0.3 is 0 Å². The lowest BCUT2D eigenvalue weighted by atomic mass is 10.1. The lowest BCUT2D eigenvalue weighted by molar-refractivity contribution is 0.614. The van der Waals surface area contributed by atoms with E-state index < -0.39 is 0 Å². The Labute approximate surface area is 120 Å². The quantitative estimate of drug-likeness (QED) is 0.939. The van der Waals surface area contributed by atoms with E-state index in [1.165, 1.54) is 17.7 Å². The summed E-state index contributed by atoms with van der Waals surface area (Å²) in [6, 6.07) is 4.69. The van der Waals surface area contributed by atoms with E-state index in [1.54, 1.807) is 6.07 Å². The number of halogens is 2. The van der Waals surface area contributed by atoms with Gasteiger partial charge in [0.2, 0.25) is 0 Å². The van der Waals surface area contributed by atoms with Crippen LogP contribution in [-0.2, 0) is 13.0 Å². The Hall–Kier alpha value is -1.20. The van der Waals surface area contributed by atoms with Crippen LogP contribution in [0.5, 0.6) is 0 Å². The Morgan fingerprint density at radius 3 is 2.79 bits per heavy atom. The number of hydrogen-bond donors (Lipinski definition) is 1. The Morgan fingerprint density at radius 1 is 1.37 bits per heavy atom. The molecule has 1 heterocycles. The molecule has 0 bridgehead atoms. The fraction of sp³-hybridized carbons (Fsp3) is 0.357. The molecule has 2 N–H and O–H groups in total. The number of benzene rings is 1. The first-order valence-electron chi connectivity index (χ1n) is 6.19. The van der Waals surface area contributed by atoms with Crippen molar-refractivity contribution in [2.45, 2.75) is 26.8 Å². The van der Waals surface area contributed by atoms with Gasteiger partial charge in [-0.15, -0.1) is 0 Å². The van der Waals surface area contributed by atoms with Gasteiger partial charge in [-0.05, 0) is 56.1 Å². The summed E-state index contributed by atoms with van der Waals surface area (Å²) in [6.07, 6.45) is 0.821. The average molecular weight is 326 g/mol. The maximum atomic E-state index is 13.3. The van der Waals surface area contributed by atoms with Crippen molar-refractivity contribution >= 4 is 15.9 Å². The first kappa shape index (κ1) is 14.2. The van der Waals surface area contributed by atoms with Crippen LogP contribution in [-0.4, -0.2) is 16.3 Å². The smallest absolute Gasteiger partial charge is 0.123 e. The molecule has 2 aromatic rings. The van der Waals surface area contributed by atoms with Gasteiger partial charge in [-0.25, -0.2) is 4.39 Å². The van der Waals surface area contributed by atoms with Crippen molar-refractivity contribution in [3.8, 4) is 0 Å². The zero-order valence-electron chi connectivity index (χ0n) is 11.1. The fourth-order valence-electron chi connectivity index (χ4n) is 2.22. The summed E-state index contributed by atoms with van der Waals surface area (Å²) in [4.78, 5) is 0. The zero-order chi connectivity index (χ0) is 14.0. The lowest BCUT2D eigenvalue weighted by Gasteiger charge is -2.08. The molecule has 1 aromatic carbocycles. The molecule has 1 aromatic heterocycles.